The van der Waals surface area contributed by atoms with Crippen molar-refractivity contribution in [3.05, 3.63) is 30.1 Å². The molecule has 2 rings (SSSR count). The number of hydrogen-bond acceptors (Lipinski definition) is 3. The van der Waals surface area contributed by atoms with Crippen LogP contribution in [0.25, 0.3) is 0 Å². The predicted molar refractivity (Wildman–Crippen MR) is 110 cm³/mol. The van der Waals surface area contributed by atoms with Crippen LogP contribution in [0.5, 0.6) is 0 Å². The lowest BCUT2D eigenvalue weighted by Crippen LogP contribution is -2.38. The van der Waals surface area contributed by atoms with Crippen LogP contribution < -0.4 is 10.6 Å². The maximum atomic E-state index is 5.94. The van der Waals surface area contributed by atoms with Crippen LogP contribution in [0, 0.1) is 0 Å². The zero-order valence-corrected chi connectivity index (χ0v) is 17.0. The number of hydrogen-bond donors (Lipinski definition) is 2. The molecule has 1 fully saturated rings. The van der Waals surface area contributed by atoms with Crippen LogP contribution in [0.2, 0.25) is 0 Å². The highest BCUT2D eigenvalue weighted by Crippen LogP contribution is 2.20. The molecule has 0 saturated heterocycles. The molecule has 0 amide bonds. The van der Waals surface area contributed by atoms with Crippen LogP contribution in [-0.2, 0) is 11.3 Å². The van der Waals surface area contributed by atoms with Crippen molar-refractivity contribution in [1.82, 2.24) is 15.6 Å². The van der Waals surface area contributed by atoms with Crippen LogP contribution in [-0.4, -0.2) is 36.7 Å². The standard InChI is InChI=1S/C18H30N4O.HI/c1-2-19-18(22-15-16-9-6-7-12-20-16)21-13-8-14-23-17-10-4-3-5-11-17;/h6-7,9,12,17H,2-5,8,10-11,13-15H2,1H3,(H2,19,21,22);1H. The Morgan fingerprint density at radius 3 is 2.79 bits per heavy atom. The fourth-order valence-electron chi connectivity index (χ4n) is 2.75. The summed E-state index contributed by atoms with van der Waals surface area (Å²) >= 11 is 0. The van der Waals surface area contributed by atoms with Gasteiger partial charge in [0.15, 0.2) is 5.96 Å². The van der Waals surface area contributed by atoms with Crippen molar-refractivity contribution >= 4 is 29.9 Å². The zero-order chi connectivity index (χ0) is 16.2. The van der Waals surface area contributed by atoms with Crippen LogP contribution >= 0.6 is 24.0 Å². The van der Waals surface area contributed by atoms with E-state index < -0.39 is 0 Å². The van der Waals surface area contributed by atoms with Gasteiger partial charge in [-0.2, -0.15) is 0 Å². The molecule has 1 saturated carbocycles. The molecule has 0 spiro atoms. The lowest BCUT2D eigenvalue weighted by atomic mass is 9.98. The highest BCUT2D eigenvalue weighted by atomic mass is 127. The molecule has 24 heavy (non-hydrogen) atoms. The monoisotopic (exact) mass is 446 g/mol. The van der Waals surface area contributed by atoms with E-state index in [1.54, 1.807) is 6.20 Å². The van der Waals surface area contributed by atoms with Gasteiger partial charge >= 0.3 is 0 Å². The number of rotatable bonds is 8. The summed E-state index contributed by atoms with van der Waals surface area (Å²) in [5.74, 6) is 0.843. The molecule has 0 radical (unpaired) electrons. The smallest absolute Gasteiger partial charge is 0.191 e. The average Bonchev–Trinajstić information content (AvgIpc) is 2.61. The summed E-state index contributed by atoms with van der Waals surface area (Å²) in [7, 11) is 0. The number of ether oxygens (including phenoxy) is 1. The van der Waals surface area contributed by atoms with E-state index in [4.69, 9.17) is 4.74 Å². The Labute approximate surface area is 163 Å². The Morgan fingerprint density at radius 1 is 1.25 bits per heavy atom. The molecule has 1 aromatic rings. The summed E-state index contributed by atoms with van der Waals surface area (Å²) in [5.41, 5.74) is 0.977. The van der Waals surface area contributed by atoms with Gasteiger partial charge < -0.3 is 15.4 Å². The largest absolute Gasteiger partial charge is 0.378 e. The van der Waals surface area contributed by atoms with E-state index >= 15 is 0 Å². The molecule has 1 aliphatic carbocycles. The van der Waals surface area contributed by atoms with Crippen LogP contribution in [0.3, 0.4) is 0 Å². The van der Waals surface area contributed by atoms with Gasteiger partial charge in [0, 0.05) is 25.9 Å². The first-order chi connectivity index (χ1) is 11.4. The number of pyridine rings is 1. The minimum absolute atomic E-state index is 0. The van der Waals surface area contributed by atoms with E-state index in [1.165, 1.54) is 32.1 Å². The number of aromatic nitrogens is 1. The molecule has 0 aromatic carbocycles. The van der Waals surface area contributed by atoms with Crippen molar-refractivity contribution in [3.8, 4) is 0 Å². The zero-order valence-electron chi connectivity index (χ0n) is 14.7. The van der Waals surface area contributed by atoms with Gasteiger partial charge in [0.25, 0.3) is 0 Å². The molecular weight excluding hydrogens is 415 g/mol. The summed E-state index contributed by atoms with van der Waals surface area (Å²) in [6, 6.07) is 5.90. The topological polar surface area (TPSA) is 58.5 Å². The molecule has 0 bridgehead atoms. The third-order valence-corrected chi connectivity index (χ3v) is 3.99. The number of guanidine groups is 1. The van der Waals surface area contributed by atoms with Crippen molar-refractivity contribution in [2.24, 2.45) is 4.99 Å². The number of halogens is 1. The highest BCUT2D eigenvalue weighted by Gasteiger charge is 2.12. The second kappa shape index (κ2) is 13.4. The summed E-state index contributed by atoms with van der Waals surface area (Å²) in [6.07, 6.45) is 9.80. The highest BCUT2D eigenvalue weighted by molar-refractivity contribution is 14.0. The van der Waals surface area contributed by atoms with E-state index in [2.05, 4.69) is 27.5 Å². The molecule has 1 aliphatic rings. The van der Waals surface area contributed by atoms with E-state index in [9.17, 15) is 0 Å². The quantitative estimate of drug-likeness (QED) is 0.278. The first kappa shape index (κ1) is 21.2. The lowest BCUT2D eigenvalue weighted by Gasteiger charge is -2.22. The third-order valence-electron chi connectivity index (χ3n) is 3.99. The second-order valence-corrected chi connectivity index (χ2v) is 5.93. The molecular formula is C18H31IN4O. The number of aliphatic imine (C=N–C) groups is 1. The Kier molecular flexibility index (Phi) is 11.8. The molecule has 1 heterocycles. The molecule has 0 atom stereocenters. The Bertz CT molecular complexity index is 450. The van der Waals surface area contributed by atoms with Gasteiger partial charge in [-0.15, -0.1) is 24.0 Å². The molecule has 5 nitrogen and oxygen atoms in total. The summed E-state index contributed by atoms with van der Waals surface area (Å²) in [5, 5.41) is 6.62. The second-order valence-electron chi connectivity index (χ2n) is 5.93. The first-order valence-electron chi connectivity index (χ1n) is 8.92. The van der Waals surface area contributed by atoms with E-state index in [0.717, 1.165) is 37.8 Å². The van der Waals surface area contributed by atoms with Crippen LogP contribution in [0.4, 0.5) is 0 Å². The Morgan fingerprint density at radius 2 is 2.08 bits per heavy atom. The summed E-state index contributed by atoms with van der Waals surface area (Å²) in [4.78, 5) is 8.85. The fourth-order valence-corrected chi connectivity index (χ4v) is 2.75. The van der Waals surface area contributed by atoms with Gasteiger partial charge in [-0.05, 0) is 38.3 Å². The van der Waals surface area contributed by atoms with Crippen molar-refractivity contribution in [2.45, 2.75) is 58.1 Å². The van der Waals surface area contributed by atoms with Crippen molar-refractivity contribution in [1.29, 1.82) is 0 Å². The minimum atomic E-state index is 0. The minimum Gasteiger partial charge on any atom is -0.378 e. The molecule has 0 unspecified atom stereocenters. The molecule has 2 N–H and O–H groups in total. The van der Waals surface area contributed by atoms with Crippen molar-refractivity contribution in [3.63, 3.8) is 0 Å². The van der Waals surface area contributed by atoms with Crippen molar-refractivity contribution < 1.29 is 4.74 Å². The maximum absolute atomic E-state index is 5.94. The van der Waals surface area contributed by atoms with E-state index in [-0.39, 0.29) is 24.0 Å². The van der Waals surface area contributed by atoms with Crippen molar-refractivity contribution in [2.75, 3.05) is 19.7 Å². The van der Waals surface area contributed by atoms with Gasteiger partial charge in [0.2, 0.25) is 0 Å². The van der Waals surface area contributed by atoms with E-state index in [1.807, 2.05) is 18.2 Å². The SMILES string of the molecule is CCNC(=NCc1ccccn1)NCCCOC1CCCCC1.I. The number of nitrogens with one attached hydrogen (secondary N) is 2. The van der Waals surface area contributed by atoms with Gasteiger partial charge in [0.05, 0.1) is 18.3 Å². The molecule has 1 aromatic heterocycles. The number of nitrogens with zero attached hydrogens (tertiary/aromatic N) is 2. The maximum Gasteiger partial charge on any atom is 0.191 e. The first-order valence-corrected chi connectivity index (χ1v) is 8.92. The van der Waals surface area contributed by atoms with E-state index in [0.29, 0.717) is 12.6 Å². The lowest BCUT2D eigenvalue weighted by molar-refractivity contribution is 0.0277. The predicted octanol–water partition coefficient (Wildman–Crippen LogP) is 3.49. The Balaban J connectivity index is 0.00000288. The van der Waals surface area contributed by atoms with Crippen LogP contribution in [0.15, 0.2) is 29.4 Å². The third kappa shape index (κ3) is 8.82. The van der Waals surface area contributed by atoms with Gasteiger partial charge in [-0.1, -0.05) is 25.3 Å². The normalized spacial score (nSPS) is 15.6. The van der Waals surface area contributed by atoms with Gasteiger partial charge in [-0.3, -0.25) is 4.98 Å². The van der Waals surface area contributed by atoms with Crippen LogP contribution in [0.1, 0.15) is 51.1 Å². The Hall–Kier alpha value is -0.890. The molecule has 6 heteroatoms. The molecule has 0 aliphatic heterocycles. The van der Waals surface area contributed by atoms with Gasteiger partial charge in [-0.25, -0.2) is 4.99 Å². The average molecular weight is 446 g/mol. The fraction of sp³-hybridized carbons (Fsp3) is 0.667. The summed E-state index contributed by atoms with van der Waals surface area (Å²) in [6.45, 7) is 5.23. The van der Waals surface area contributed by atoms with Gasteiger partial charge in [0.1, 0.15) is 0 Å². The summed E-state index contributed by atoms with van der Waals surface area (Å²) < 4.78 is 5.94. The molecule has 136 valence electrons.